The second kappa shape index (κ2) is 5.41. The zero-order valence-electron chi connectivity index (χ0n) is 10.2. The molecular formula is C16H12BrNO. The van der Waals surface area contributed by atoms with E-state index in [9.17, 15) is 0 Å². The van der Waals surface area contributed by atoms with E-state index in [-0.39, 0.29) is 0 Å². The second-order valence-electron chi connectivity index (χ2n) is 4.31. The number of pyridine rings is 1. The molecule has 94 valence electrons. The molecule has 3 heteroatoms. The van der Waals surface area contributed by atoms with Gasteiger partial charge in [0.1, 0.15) is 12.4 Å². The Morgan fingerprint density at radius 3 is 2.63 bits per heavy atom. The van der Waals surface area contributed by atoms with Crippen LogP contribution in [-0.4, -0.2) is 4.98 Å². The molecule has 0 radical (unpaired) electrons. The van der Waals surface area contributed by atoms with Gasteiger partial charge in [-0.05, 0) is 44.9 Å². The number of hydrogen-bond acceptors (Lipinski definition) is 2. The van der Waals surface area contributed by atoms with E-state index in [1.165, 1.54) is 10.8 Å². The van der Waals surface area contributed by atoms with Crippen LogP contribution in [0.4, 0.5) is 0 Å². The van der Waals surface area contributed by atoms with Gasteiger partial charge in [-0.2, -0.15) is 0 Å². The van der Waals surface area contributed by atoms with Crippen LogP contribution in [0.1, 0.15) is 5.56 Å². The van der Waals surface area contributed by atoms with Gasteiger partial charge in [0.05, 0.1) is 0 Å². The van der Waals surface area contributed by atoms with E-state index in [2.05, 4.69) is 45.2 Å². The normalized spacial score (nSPS) is 10.6. The first-order valence-corrected chi connectivity index (χ1v) is 6.81. The molecule has 2 aromatic carbocycles. The Hall–Kier alpha value is -1.87. The van der Waals surface area contributed by atoms with Crippen molar-refractivity contribution in [3.05, 3.63) is 71.0 Å². The molecule has 19 heavy (non-hydrogen) atoms. The summed E-state index contributed by atoms with van der Waals surface area (Å²) in [6, 6.07) is 16.4. The highest BCUT2D eigenvalue weighted by molar-refractivity contribution is 9.10. The number of benzene rings is 2. The lowest BCUT2D eigenvalue weighted by molar-refractivity contribution is 0.306. The van der Waals surface area contributed by atoms with Gasteiger partial charge in [-0.1, -0.05) is 30.3 Å². The van der Waals surface area contributed by atoms with E-state index in [0.717, 1.165) is 15.8 Å². The van der Waals surface area contributed by atoms with Crippen molar-refractivity contribution in [2.24, 2.45) is 0 Å². The summed E-state index contributed by atoms with van der Waals surface area (Å²) in [6.45, 7) is 0.519. The lowest BCUT2D eigenvalue weighted by atomic mass is 10.1. The highest BCUT2D eigenvalue weighted by Crippen LogP contribution is 2.21. The Morgan fingerprint density at radius 2 is 1.79 bits per heavy atom. The van der Waals surface area contributed by atoms with Gasteiger partial charge < -0.3 is 4.74 Å². The standard InChI is InChI=1S/C16H12BrNO/c17-15-7-12(9-18-10-15)11-19-16-6-5-13-3-1-2-4-14(13)8-16/h1-10H,11H2. The molecule has 0 fully saturated rings. The minimum atomic E-state index is 0.519. The summed E-state index contributed by atoms with van der Waals surface area (Å²) in [7, 11) is 0. The van der Waals surface area contributed by atoms with Gasteiger partial charge in [0.15, 0.2) is 0 Å². The smallest absolute Gasteiger partial charge is 0.120 e. The molecule has 0 bridgehead atoms. The molecule has 0 spiro atoms. The molecule has 0 atom stereocenters. The van der Waals surface area contributed by atoms with Gasteiger partial charge in [-0.3, -0.25) is 4.98 Å². The predicted octanol–water partition coefficient (Wildman–Crippen LogP) is 4.58. The van der Waals surface area contributed by atoms with Crippen molar-refractivity contribution in [2.45, 2.75) is 6.61 Å². The number of aromatic nitrogens is 1. The van der Waals surface area contributed by atoms with E-state index < -0.39 is 0 Å². The molecule has 1 heterocycles. The number of rotatable bonds is 3. The molecule has 0 aliphatic rings. The molecule has 0 aliphatic carbocycles. The quantitative estimate of drug-likeness (QED) is 0.706. The number of hydrogen-bond donors (Lipinski definition) is 0. The molecular weight excluding hydrogens is 302 g/mol. The lowest BCUT2D eigenvalue weighted by Gasteiger charge is -2.07. The third-order valence-corrected chi connectivity index (χ3v) is 3.32. The Labute approximate surface area is 120 Å². The topological polar surface area (TPSA) is 22.1 Å². The van der Waals surface area contributed by atoms with E-state index in [4.69, 9.17) is 4.74 Å². The molecule has 0 amide bonds. The van der Waals surface area contributed by atoms with Crippen molar-refractivity contribution in [1.82, 2.24) is 4.98 Å². The van der Waals surface area contributed by atoms with Crippen LogP contribution in [0.25, 0.3) is 10.8 Å². The monoisotopic (exact) mass is 313 g/mol. The highest BCUT2D eigenvalue weighted by Gasteiger charge is 1.99. The average molecular weight is 314 g/mol. The van der Waals surface area contributed by atoms with Crippen molar-refractivity contribution in [1.29, 1.82) is 0 Å². The summed E-state index contributed by atoms with van der Waals surface area (Å²) in [5.74, 6) is 0.874. The Balaban J connectivity index is 1.78. The van der Waals surface area contributed by atoms with Crippen molar-refractivity contribution in [3.8, 4) is 5.75 Å². The average Bonchev–Trinajstić information content (AvgIpc) is 2.45. The van der Waals surface area contributed by atoms with Crippen LogP contribution < -0.4 is 4.74 Å². The van der Waals surface area contributed by atoms with Crippen LogP contribution in [0.2, 0.25) is 0 Å². The first kappa shape index (κ1) is 12.2. The third-order valence-electron chi connectivity index (χ3n) is 2.89. The maximum atomic E-state index is 5.79. The van der Waals surface area contributed by atoms with Gasteiger partial charge in [0.25, 0.3) is 0 Å². The lowest BCUT2D eigenvalue weighted by Crippen LogP contribution is -1.96. The molecule has 3 aromatic rings. The van der Waals surface area contributed by atoms with Crippen LogP contribution in [-0.2, 0) is 6.61 Å². The van der Waals surface area contributed by atoms with E-state index in [1.54, 1.807) is 6.20 Å². The maximum absolute atomic E-state index is 5.79. The van der Waals surface area contributed by atoms with Crippen LogP contribution >= 0.6 is 15.9 Å². The SMILES string of the molecule is Brc1cncc(COc2ccc3ccccc3c2)c1. The minimum absolute atomic E-state index is 0.519. The molecule has 0 aliphatic heterocycles. The fraction of sp³-hybridized carbons (Fsp3) is 0.0625. The molecule has 0 unspecified atom stereocenters. The summed E-state index contributed by atoms with van der Waals surface area (Å²) < 4.78 is 6.76. The van der Waals surface area contributed by atoms with Gasteiger partial charge in [0.2, 0.25) is 0 Å². The Morgan fingerprint density at radius 1 is 0.947 bits per heavy atom. The highest BCUT2D eigenvalue weighted by atomic mass is 79.9. The molecule has 0 saturated carbocycles. The molecule has 0 saturated heterocycles. The van der Waals surface area contributed by atoms with Crippen LogP contribution in [0.3, 0.4) is 0 Å². The van der Waals surface area contributed by atoms with E-state index >= 15 is 0 Å². The van der Waals surface area contributed by atoms with Gasteiger partial charge in [0, 0.05) is 22.4 Å². The summed E-state index contributed by atoms with van der Waals surface area (Å²) in [4.78, 5) is 4.12. The first-order chi connectivity index (χ1) is 9.31. The fourth-order valence-corrected chi connectivity index (χ4v) is 2.37. The third kappa shape index (κ3) is 2.93. The number of nitrogens with zero attached hydrogens (tertiary/aromatic N) is 1. The first-order valence-electron chi connectivity index (χ1n) is 6.02. The van der Waals surface area contributed by atoms with Crippen LogP contribution in [0, 0.1) is 0 Å². The number of ether oxygens (including phenoxy) is 1. The molecule has 2 nitrogen and oxygen atoms in total. The van der Waals surface area contributed by atoms with Gasteiger partial charge in [-0.15, -0.1) is 0 Å². The Kier molecular flexibility index (Phi) is 3.47. The van der Waals surface area contributed by atoms with Crippen molar-refractivity contribution in [3.63, 3.8) is 0 Å². The number of halogens is 1. The van der Waals surface area contributed by atoms with Crippen molar-refractivity contribution < 1.29 is 4.74 Å². The zero-order valence-corrected chi connectivity index (χ0v) is 11.8. The summed E-state index contributed by atoms with van der Waals surface area (Å²) in [6.07, 6.45) is 3.57. The molecule has 1 aromatic heterocycles. The van der Waals surface area contributed by atoms with Crippen molar-refractivity contribution in [2.75, 3.05) is 0 Å². The molecule has 0 N–H and O–H groups in total. The minimum Gasteiger partial charge on any atom is -0.489 e. The van der Waals surface area contributed by atoms with Crippen LogP contribution in [0.15, 0.2) is 65.4 Å². The Bertz CT molecular complexity index is 712. The van der Waals surface area contributed by atoms with E-state index in [1.807, 2.05) is 30.5 Å². The van der Waals surface area contributed by atoms with E-state index in [0.29, 0.717) is 6.61 Å². The predicted molar refractivity (Wildman–Crippen MR) is 80.2 cm³/mol. The fourth-order valence-electron chi connectivity index (χ4n) is 1.96. The van der Waals surface area contributed by atoms with Crippen LogP contribution in [0.5, 0.6) is 5.75 Å². The summed E-state index contributed by atoms with van der Waals surface area (Å²) in [5.41, 5.74) is 1.04. The van der Waals surface area contributed by atoms with Crippen molar-refractivity contribution >= 4 is 26.7 Å². The zero-order chi connectivity index (χ0) is 13.1. The molecule has 3 rings (SSSR count). The van der Waals surface area contributed by atoms with Gasteiger partial charge >= 0.3 is 0 Å². The maximum Gasteiger partial charge on any atom is 0.120 e. The second-order valence-corrected chi connectivity index (χ2v) is 5.22. The largest absolute Gasteiger partial charge is 0.489 e. The van der Waals surface area contributed by atoms with Gasteiger partial charge in [-0.25, -0.2) is 0 Å². The number of fused-ring (bicyclic) bond motifs is 1. The summed E-state index contributed by atoms with van der Waals surface area (Å²) in [5, 5.41) is 2.41. The summed E-state index contributed by atoms with van der Waals surface area (Å²) >= 11 is 3.40.